The fourth-order valence-electron chi connectivity index (χ4n) is 3.75. The smallest absolute Gasteiger partial charge is 0.241 e. The third kappa shape index (κ3) is 5.91. The van der Waals surface area contributed by atoms with E-state index in [0.717, 1.165) is 5.69 Å². The quantitative estimate of drug-likeness (QED) is 0.592. The van der Waals surface area contributed by atoms with Crippen LogP contribution in [0.3, 0.4) is 0 Å². The standard InChI is InChI=1S/C24H31N3O5S/c1-17(2)23(25-33(30,31)22-11-9-21(32-4)10-12-22)24(29)27-15-13-26(14-16-27)20-7-5-19(6-8-20)18(3)28/h5-12,17,23,25H,13-16H2,1-4H3/t23-/m0/s1. The highest BCUT2D eigenvalue weighted by atomic mass is 32.2. The van der Waals surface area contributed by atoms with E-state index in [1.54, 1.807) is 29.2 Å². The number of amides is 1. The number of nitrogens with zero attached hydrogens (tertiary/aromatic N) is 2. The first kappa shape index (κ1) is 24.7. The van der Waals surface area contributed by atoms with Gasteiger partial charge in [0.25, 0.3) is 0 Å². The molecular formula is C24H31N3O5S. The van der Waals surface area contributed by atoms with E-state index in [0.29, 0.717) is 37.5 Å². The summed E-state index contributed by atoms with van der Waals surface area (Å²) in [6, 6.07) is 12.6. The maximum Gasteiger partial charge on any atom is 0.241 e. The monoisotopic (exact) mass is 473 g/mol. The van der Waals surface area contributed by atoms with Crippen LogP contribution in [0.5, 0.6) is 5.75 Å². The van der Waals surface area contributed by atoms with Gasteiger partial charge in [0.15, 0.2) is 5.78 Å². The van der Waals surface area contributed by atoms with Crippen molar-refractivity contribution < 1.29 is 22.7 Å². The molecule has 0 unspecified atom stereocenters. The summed E-state index contributed by atoms with van der Waals surface area (Å²) in [4.78, 5) is 28.7. The van der Waals surface area contributed by atoms with Crippen molar-refractivity contribution in [1.82, 2.24) is 9.62 Å². The fraction of sp³-hybridized carbons (Fsp3) is 0.417. The number of methoxy groups -OCH3 is 1. The number of ether oxygens (including phenoxy) is 1. The van der Waals surface area contributed by atoms with E-state index in [4.69, 9.17) is 4.74 Å². The number of carbonyl (C=O) groups excluding carboxylic acids is 2. The van der Waals surface area contributed by atoms with Crippen molar-refractivity contribution in [1.29, 1.82) is 0 Å². The average molecular weight is 474 g/mol. The van der Waals surface area contributed by atoms with Gasteiger partial charge >= 0.3 is 0 Å². The summed E-state index contributed by atoms with van der Waals surface area (Å²) in [5.74, 6) is 0.129. The Morgan fingerprint density at radius 2 is 1.52 bits per heavy atom. The molecule has 0 radical (unpaired) electrons. The molecule has 178 valence electrons. The number of benzene rings is 2. The third-order valence-corrected chi connectivity index (χ3v) is 7.27. The summed E-state index contributed by atoms with van der Waals surface area (Å²) in [5.41, 5.74) is 1.66. The Kier molecular flexibility index (Phi) is 7.76. The molecule has 1 heterocycles. The lowest BCUT2D eigenvalue weighted by atomic mass is 10.0. The average Bonchev–Trinajstić information content (AvgIpc) is 2.82. The van der Waals surface area contributed by atoms with E-state index < -0.39 is 16.1 Å². The van der Waals surface area contributed by atoms with Crippen LogP contribution in [0.4, 0.5) is 5.69 Å². The van der Waals surface area contributed by atoms with Crippen molar-refractivity contribution in [2.45, 2.75) is 31.7 Å². The minimum absolute atomic E-state index is 0.0220. The van der Waals surface area contributed by atoms with Gasteiger partial charge in [0.1, 0.15) is 11.8 Å². The second-order valence-corrected chi connectivity index (χ2v) is 10.1. The number of ketones is 1. The van der Waals surface area contributed by atoms with Crippen LogP contribution < -0.4 is 14.4 Å². The van der Waals surface area contributed by atoms with Gasteiger partial charge in [-0.15, -0.1) is 0 Å². The summed E-state index contributed by atoms with van der Waals surface area (Å²) in [6.45, 7) is 7.41. The molecular weight excluding hydrogens is 442 g/mol. The highest BCUT2D eigenvalue weighted by molar-refractivity contribution is 7.89. The molecule has 1 fully saturated rings. The molecule has 8 nitrogen and oxygen atoms in total. The summed E-state index contributed by atoms with van der Waals surface area (Å²) in [7, 11) is -2.36. The molecule has 0 aromatic heterocycles. The molecule has 1 aliphatic heterocycles. The van der Waals surface area contributed by atoms with Crippen LogP contribution in [0.1, 0.15) is 31.1 Å². The van der Waals surface area contributed by atoms with Gasteiger partial charge in [-0.2, -0.15) is 4.72 Å². The topological polar surface area (TPSA) is 96.0 Å². The summed E-state index contributed by atoms with van der Waals surface area (Å²) in [5, 5.41) is 0. The molecule has 1 atom stereocenters. The van der Waals surface area contributed by atoms with Crippen LogP contribution in [0.2, 0.25) is 0 Å². The van der Waals surface area contributed by atoms with Crippen LogP contribution in [0, 0.1) is 5.92 Å². The predicted octanol–water partition coefficient (Wildman–Crippen LogP) is 2.55. The third-order valence-electron chi connectivity index (χ3n) is 5.81. The van der Waals surface area contributed by atoms with Crippen LogP contribution in [0.25, 0.3) is 0 Å². The largest absolute Gasteiger partial charge is 0.497 e. The van der Waals surface area contributed by atoms with E-state index in [9.17, 15) is 18.0 Å². The summed E-state index contributed by atoms with van der Waals surface area (Å²) < 4.78 is 33.5. The Hall–Kier alpha value is -2.91. The van der Waals surface area contributed by atoms with E-state index in [1.165, 1.54) is 26.2 Å². The normalized spacial score (nSPS) is 15.4. The van der Waals surface area contributed by atoms with Crippen molar-refractivity contribution >= 4 is 27.4 Å². The van der Waals surface area contributed by atoms with Gasteiger partial charge in [0.2, 0.25) is 15.9 Å². The highest BCUT2D eigenvalue weighted by Crippen LogP contribution is 2.20. The number of hydrogen-bond donors (Lipinski definition) is 1. The minimum Gasteiger partial charge on any atom is -0.497 e. The van der Waals surface area contributed by atoms with Gasteiger partial charge in [0, 0.05) is 37.4 Å². The van der Waals surface area contributed by atoms with Gasteiger partial charge < -0.3 is 14.5 Å². The Morgan fingerprint density at radius 3 is 2.00 bits per heavy atom. The molecule has 0 saturated carbocycles. The molecule has 0 spiro atoms. The van der Waals surface area contributed by atoms with Gasteiger partial charge in [-0.25, -0.2) is 8.42 Å². The number of piperazine rings is 1. The molecule has 33 heavy (non-hydrogen) atoms. The SMILES string of the molecule is COc1ccc(S(=O)(=O)N[C@H](C(=O)N2CCN(c3ccc(C(C)=O)cc3)CC2)C(C)C)cc1. The van der Waals surface area contributed by atoms with Gasteiger partial charge in [-0.1, -0.05) is 13.8 Å². The summed E-state index contributed by atoms with van der Waals surface area (Å²) >= 11 is 0. The van der Waals surface area contributed by atoms with E-state index in [2.05, 4.69) is 9.62 Å². The molecule has 1 aliphatic rings. The number of hydrogen-bond acceptors (Lipinski definition) is 6. The lowest BCUT2D eigenvalue weighted by Gasteiger charge is -2.38. The second kappa shape index (κ2) is 10.4. The molecule has 1 N–H and O–H groups in total. The van der Waals surface area contributed by atoms with Gasteiger partial charge in [-0.05, 0) is 61.4 Å². The van der Waals surface area contributed by atoms with Crippen molar-refractivity contribution in [2.24, 2.45) is 5.92 Å². The van der Waals surface area contributed by atoms with E-state index in [1.807, 2.05) is 26.0 Å². The molecule has 0 aliphatic carbocycles. The Bertz CT molecular complexity index is 1070. The predicted molar refractivity (Wildman–Crippen MR) is 127 cm³/mol. The van der Waals surface area contributed by atoms with Crippen molar-refractivity contribution in [3.63, 3.8) is 0 Å². The second-order valence-electron chi connectivity index (χ2n) is 8.43. The first-order valence-electron chi connectivity index (χ1n) is 10.9. The Balaban J connectivity index is 1.66. The molecule has 0 bridgehead atoms. The highest BCUT2D eigenvalue weighted by Gasteiger charge is 2.33. The Labute approximate surface area is 195 Å². The number of anilines is 1. The van der Waals surface area contributed by atoms with Crippen LogP contribution >= 0.6 is 0 Å². The minimum atomic E-state index is -3.87. The zero-order valence-corrected chi connectivity index (χ0v) is 20.3. The number of carbonyl (C=O) groups is 2. The molecule has 3 rings (SSSR count). The summed E-state index contributed by atoms with van der Waals surface area (Å²) in [6.07, 6.45) is 0. The lowest BCUT2D eigenvalue weighted by molar-refractivity contribution is -0.134. The first-order valence-corrected chi connectivity index (χ1v) is 12.4. The van der Waals surface area contributed by atoms with Crippen molar-refractivity contribution in [2.75, 3.05) is 38.2 Å². The van der Waals surface area contributed by atoms with Crippen LogP contribution in [0.15, 0.2) is 53.4 Å². The first-order chi connectivity index (χ1) is 15.6. The van der Waals surface area contributed by atoms with Gasteiger partial charge in [-0.3, -0.25) is 9.59 Å². The maximum atomic E-state index is 13.2. The zero-order valence-electron chi connectivity index (χ0n) is 19.4. The van der Waals surface area contributed by atoms with Gasteiger partial charge in [0.05, 0.1) is 12.0 Å². The van der Waals surface area contributed by atoms with E-state index >= 15 is 0 Å². The zero-order chi connectivity index (χ0) is 24.2. The molecule has 2 aromatic rings. The maximum absolute atomic E-state index is 13.2. The Morgan fingerprint density at radius 1 is 0.939 bits per heavy atom. The molecule has 1 amide bonds. The number of rotatable bonds is 8. The lowest BCUT2D eigenvalue weighted by Crippen LogP contribution is -2.56. The van der Waals surface area contributed by atoms with Crippen molar-refractivity contribution in [3.05, 3.63) is 54.1 Å². The number of sulfonamides is 1. The molecule has 1 saturated heterocycles. The number of Topliss-reactive ketones (excluding diaryl/α,β-unsaturated/α-hetero) is 1. The van der Waals surface area contributed by atoms with E-state index in [-0.39, 0.29) is 22.5 Å². The molecule has 2 aromatic carbocycles. The fourth-order valence-corrected chi connectivity index (χ4v) is 5.09. The van der Waals surface area contributed by atoms with Crippen LogP contribution in [-0.2, 0) is 14.8 Å². The molecule has 9 heteroatoms. The van der Waals surface area contributed by atoms with Crippen LogP contribution in [-0.4, -0.2) is 64.3 Å². The van der Waals surface area contributed by atoms with Crippen molar-refractivity contribution in [3.8, 4) is 5.75 Å². The number of nitrogens with one attached hydrogen (secondary N) is 1.